The van der Waals surface area contributed by atoms with Gasteiger partial charge in [-0.3, -0.25) is 4.79 Å². The molecule has 4 N–H and O–H groups in total. The number of nitrogens with zero attached hydrogens (tertiary/aromatic N) is 2. The summed E-state index contributed by atoms with van der Waals surface area (Å²) < 4.78 is 4.69. The minimum absolute atomic E-state index is 0.104. The van der Waals surface area contributed by atoms with Crippen molar-refractivity contribution >= 4 is 28.3 Å². The molecule has 7 heteroatoms. The Morgan fingerprint density at radius 2 is 2.28 bits per heavy atom. The smallest absolute Gasteiger partial charge is 0.220 e. The number of fused-ring (bicyclic) bond motifs is 1. The first-order chi connectivity index (χ1) is 8.74. The Hall–Kier alpha value is -2.31. The van der Waals surface area contributed by atoms with Crippen LogP contribution in [-0.2, 0) is 4.79 Å². The predicted octanol–water partition coefficient (Wildman–Crippen LogP) is 0.495. The number of nitrogen functional groups attached to an aromatic ring is 1. The molecule has 7 nitrogen and oxygen atoms in total. The number of rotatable bonds is 3. The van der Waals surface area contributed by atoms with E-state index in [1.165, 1.54) is 0 Å². The maximum absolute atomic E-state index is 11.1. The molecule has 2 aromatic rings. The van der Waals surface area contributed by atoms with Crippen LogP contribution in [0.1, 0.15) is 12.8 Å². The molecule has 1 aromatic carbocycles. The fourth-order valence-electron chi connectivity index (χ4n) is 2.09. The Balaban J connectivity index is 1.76. The van der Waals surface area contributed by atoms with E-state index >= 15 is 0 Å². The Morgan fingerprint density at radius 3 is 3.06 bits per heavy atom. The molecule has 94 valence electrons. The van der Waals surface area contributed by atoms with Crippen LogP contribution >= 0.6 is 0 Å². The Bertz CT molecular complexity index is 594. The van der Waals surface area contributed by atoms with Crippen molar-refractivity contribution in [2.24, 2.45) is 0 Å². The Labute approximate surface area is 103 Å². The molecule has 2 heterocycles. The molecule has 3 rings (SSSR count). The molecule has 1 fully saturated rings. The summed E-state index contributed by atoms with van der Waals surface area (Å²) in [5.41, 5.74) is 8.26. The first-order valence-electron chi connectivity index (χ1n) is 5.78. The van der Waals surface area contributed by atoms with Gasteiger partial charge < -0.3 is 16.4 Å². The van der Waals surface area contributed by atoms with Gasteiger partial charge in [0.1, 0.15) is 0 Å². The third-order valence-corrected chi connectivity index (χ3v) is 3.07. The fraction of sp³-hybridized carbons (Fsp3) is 0.364. The van der Waals surface area contributed by atoms with Crippen LogP contribution in [0.25, 0.3) is 11.0 Å². The average molecular weight is 247 g/mol. The van der Waals surface area contributed by atoms with Crippen LogP contribution in [0.2, 0.25) is 0 Å². The van der Waals surface area contributed by atoms with Crippen LogP contribution in [0, 0.1) is 0 Å². The van der Waals surface area contributed by atoms with Crippen molar-refractivity contribution in [2.45, 2.75) is 18.9 Å². The highest BCUT2D eigenvalue weighted by Crippen LogP contribution is 2.25. The van der Waals surface area contributed by atoms with E-state index in [2.05, 4.69) is 25.6 Å². The van der Waals surface area contributed by atoms with Crippen LogP contribution in [-0.4, -0.2) is 28.8 Å². The van der Waals surface area contributed by atoms with E-state index in [0.717, 1.165) is 12.1 Å². The molecule has 0 radical (unpaired) electrons. The maximum Gasteiger partial charge on any atom is 0.220 e. The van der Waals surface area contributed by atoms with Crippen molar-refractivity contribution in [3.8, 4) is 0 Å². The topological polar surface area (TPSA) is 106 Å². The Kier molecular flexibility index (Phi) is 2.51. The lowest BCUT2D eigenvalue weighted by Crippen LogP contribution is -2.31. The molecular formula is C11H13N5O2. The zero-order valence-corrected chi connectivity index (χ0v) is 9.64. The van der Waals surface area contributed by atoms with E-state index in [9.17, 15) is 4.79 Å². The molecule has 0 bridgehead atoms. The van der Waals surface area contributed by atoms with Crippen LogP contribution in [0.15, 0.2) is 16.8 Å². The van der Waals surface area contributed by atoms with Crippen molar-refractivity contribution in [1.82, 2.24) is 15.6 Å². The molecular weight excluding hydrogens is 234 g/mol. The second-order valence-electron chi connectivity index (χ2n) is 4.35. The van der Waals surface area contributed by atoms with Crippen molar-refractivity contribution in [3.63, 3.8) is 0 Å². The minimum atomic E-state index is 0.104. The van der Waals surface area contributed by atoms with Crippen molar-refractivity contribution in [3.05, 3.63) is 12.1 Å². The highest BCUT2D eigenvalue weighted by Gasteiger charge is 2.20. The summed E-state index contributed by atoms with van der Waals surface area (Å²) in [6, 6.07) is 3.74. The molecule has 1 aromatic heterocycles. The zero-order chi connectivity index (χ0) is 12.5. The van der Waals surface area contributed by atoms with Gasteiger partial charge in [-0.05, 0) is 28.9 Å². The van der Waals surface area contributed by atoms with E-state index in [1.54, 1.807) is 6.07 Å². The molecule has 1 saturated heterocycles. The number of carbonyl (C=O) groups excluding carboxylic acids is 1. The molecule has 18 heavy (non-hydrogen) atoms. The van der Waals surface area contributed by atoms with Gasteiger partial charge in [0, 0.05) is 19.0 Å². The molecule has 1 aliphatic heterocycles. The molecule has 1 atom stereocenters. The van der Waals surface area contributed by atoms with E-state index in [0.29, 0.717) is 29.7 Å². The van der Waals surface area contributed by atoms with E-state index in [4.69, 9.17) is 5.73 Å². The fourth-order valence-corrected chi connectivity index (χ4v) is 2.09. The number of nitrogens with one attached hydrogen (secondary N) is 2. The largest absolute Gasteiger partial charge is 0.397 e. The average Bonchev–Trinajstić information content (AvgIpc) is 2.98. The number of aromatic nitrogens is 2. The SMILES string of the molecule is Nc1ccc(NCC2CCC(=O)N2)c2nonc12. The van der Waals surface area contributed by atoms with Crippen LogP contribution in [0.4, 0.5) is 11.4 Å². The van der Waals surface area contributed by atoms with Crippen LogP contribution < -0.4 is 16.4 Å². The van der Waals surface area contributed by atoms with Crippen molar-refractivity contribution < 1.29 is 9.42 Å². The minimum Gasteiger partial charge on any atom is -0.397 e. The summed E-state index contributed by atoms with van der Waals surface area (Å²) >= 11 is 0. The third-order valence-electron chi connectivity index (χ3n) is 3.07. The number of nitrogens with two attached hydrogens (primary N) is 1. The van der Waals surface area contributed by atoms with E-state index in [1.807, 2.05) is 6.07 Å². The number of benzene rings is 1. The number of hydrogen-bond acceptors (Lipinski definition) is 6. The predicted molar refractivity (Wildman–Crippen MR) is 65.9 cm³/mol. The van der Waals surface area contributed by atoms with E-state index in [-0.39, 0.29) is 11.9 Å². The lowest BCUT2D eigenvalue weighted by molar-refractivity contribution is -0.119. The first-order valence-corrected chi connectivity index (χ1v) is 5.78. The number of anilines is 2. The highest BCUT2D eigenvalue weighted by atomic mass is 16.6. The first kappa shape index (κ1) is 10.8. The summed E-state index contributed by atoms with van der Waals surface area (Å²) in [4.78, 5) is 11.1. The standard InChI is InChI=1S/C11H13N5O2/c12-7-2-3-8(11-10(7)15-18-16-11)13-5-6-1-4-9(17)14-6/h2-3,6,13H,1,4-5,12H2,(H,14,17). The van der Waals surface area contributed by atoms with Gasteiger partial charge in [0.25, 0.3) is 0 Å². The number of carbonyl (C=O) groups is 1. The van der Waals surface area contributed by atoms with E-state index < -0.39 is 0 Å². The summed E-state index contributed by atoms with van der Waals surface area (Å²) in [7, 11) is 0. The van der Waals surface area contributed by atoms with Crippen LogP contribution in [0.3, 0.4) is 0 Å². The lowest BCUT2D eigenvalue weighted by Gasteiger charge is -2.12. The summed E-state index contributed by atoms with van der Waals surface area (Å²) in [6.45, 7) is 0.650. The summed E-state index contributed by atoms with van der Waals surface area (Å²) in [6.07, 6.45) is 1.44. The van der Waals surface area contributed by atoms with Gasteiger partial charge in [-0.1, -0.05) is 0 Å². The molecule has 1 aliphatic rings. The van der Waals surface area contributed by atoms with Gasteiger partial charge in [0.15, 0.2) is 11.0 Å². The normalized spacial score (nSPS) is 19.1. The van der Waals surface area contributed by atoms with Gasteiger partial charge in [-0.25, -0.2) is 4.63 Å². The maximum atomic E-state index is 11.1. The van der Waals surface area contributed by atoms with Gasteiger partial charge >= 0.3 is 0 Å². The molecule has 1 unspecified atom stereocenters. The molecule has 1 amide bonds. The second-order valence-corrected chi connectivity index (χ2v) is 4.35. The third kappa shape index (κ3) is 1.83. The molecule has 0 spiro atoms. The molecule has 0 saturated carbocycles. The zero-order valence-electron chi connectivity index (χ0n) is 9.64. The lowest BCUT2D eigenvalue weighted by atomic mass is 10.2. The highest BCUT2D eigenvalue weighted by molar-refractivity contribution is 5.95. The van der Waals surface area contributed by atoms with Gasteiger partial charge in [0.05, 0.1) is 11.4 Å². The van der Waals surface area contributed by atoms with Gasteiger partial charge in [-0.15, -0.1) is 0 Å². The number of hydrogen-bond donors (Lipinski definition) is 3. The Morgan fingerprint density at radius 1 is 1.44 bits per heavy atom. The second kappa shape index (κ2) is 4.17. The summed E-state index contributed by atoms with van der Waals surface area (Å²) in [5.74, 6) is 0.104. The molecule has 0 aliphatic carbocycles. The van der Waals surface area contributed by atoms with Gasteiger partial charge in [-0.2, -0.15) is 0 Å². The summed E-state index contributed by atoms with van der Waals surface area (Å²) in [5, 5.41) is 13.7. The van der Waals surface area contributed by atoms with Crippen molar-refractivity contribution in [1.29, 1.82) is 0 Å². The quantitative estimate of drug-likeness (QED) is 0.682. The monoisotopic (exact) mass is 247 g/mol. The number of amides is 1. The van der Waals surface area contributed by atoms with Crippen LogP contribution in [0.5, 0.6) is 0 Å². The van der Waals surface area contributed by atoms with Crippen molar-refractivity contribution in [2.75, 3.05) is 17.6 Å². The van der Waals surface area contributed by atoms with Gasteiger partial charge in [0.2, 0.25) is 5.91 Å².